The number of rotatable bonds is 6. The molecule has 42 heavy (non-hydrogen) atoms. The van der Waals surface area contributed by atoms with Crippen molar-refractivity contribution in [2.24, 2.45) is 0 Å². The molecule has 0 saturated carbocycles. The summed E-state index contributed by atoms with van der Waals surface area (Å²) in [6.07, 6.45) is 0. The van der Waals surface area contributed by atoms with Gasteiger partial charge in [-0.15, -0.1) is 0 Å². The lowest BCUT2D eigenvalue weighted by Crippen LogP contribution is -2.32. The molecule has 0 aliphatic carbocycles. The van der Waals surface area contributed by atoms with Crippen LogP contribution in [0.25, 0.3) is 22.2 Å². The fourth-order valence-corrected chi connectivity index (χ4v) is 6.58. The molecule has 1 aliphatic heterocycles. The fraction of sp³-hybridized carbons (Fsp3) is 0.188. The first-order valence-electron chi connectivity index (χ1n) is 13.4. The van der Waals surface area contributed by atoms with Gasteiger partial charge in [0.15, 0.2) is 0 Å². The molecule has 0 atom stereocenters. The number of ether oxygens (including phenoxy) is 3. The molecule has 10 heteroatoms. The van der Waals surface area contributed by atoms with Gasteiger partial charge in [0.1, 0.15) is 34.6 Å². The Labute approximate surface area is 243 Å². The largest absolute Gasteiger partial charge is 0.497 e. The molecular weight excluding hydrogens is 554 g/mol. The lowest BCUT2D eigenvalue weighted by molar-refractivity contribution is 0.0733. The molecular formula is C32H29N3O6S. The van der Waals surface area contributed by atoms with Crippen LogP contribution in [0.2, 0.25) is 0 Å². The van der Waals surface area contributed by atoms with Crippen molar-refractivity contribution in [2.45, 2.75) is 23.3 Å². The number of amides is 1. The lowest BCUT2D eigenvalue weighted by Gasteiger charge is -2.20. The highest BCUT2D eigenvalue weighted by atomic mass is 32.2. The van der Waals surface area contributed by atoms with Crippen molar-refractivity contribution < 1.29 is 27.4 Å². The molecule has 6 rings (SSSR count). The highest BCUT2D eigenvalue weighted by Crippen LogP contribution is 2.34. The summed E-state index contributed by atoms with van der Waals surface area (Å²) in [5, 5.41) is 0. The van der Waals surface area contributed by atoms with Crippen LogP contribution in [0.4, 0.5) is 0 Å². The highest BCUT2D eigenvalue weighted by molar-refractivity contribution is 7.91. The minimum absolute atomic E-state index is 0.0117. The molecule has 5 aromatic rings. The molecule has 0 radical (unpaired) electrons. The molecule has 1 amide bonds. The molecule has 0 unspecified atom stereocenters. The maximum Gasteiger partial charge on any atom is 0.254 e. The minimum atomic E-state index is -3.93. The maximum absolute atomic E-state index is 13.6. The lowest BCUT2D eigenvalue weighted by atomic mass is 10.0. The Morgan fingerprint density at radius 3 is 2.45 bits per heavy atom. The highest BCUT2D eigenvalue weighted by Gasteiger charge is 2.25. The van der Waals surface area contributed by atoms with E-state index in [4.69, 9.17) is 14.2 Å². The van der Waals surface area contributed by atoms with Gasteiger partial charge >= 0.3 is 0 Å². The number of aromatic amines is 1. The van der Waals surface area contributed by atoms with Gasteiger partial charge in [-0.2, -0.15) is 0 Å². The van der Waals surface area contributed by atoms with Gasteiger partial charge in [-0.1, -0.05) is 12.1 Å². The summed E-state index contributed by atoms with van der Waals surface area (Å²) in [6, 6.07) is 22.6. The third kappa shape index (κ3) is 5.05. The number of carbonyl (C=O) groups excluding carboxylic acids is 1. The summed E-state index contributed by atoms with van der Waals surface area (Å²) >= 11 is 0. The van der Waals surface area contributed by atoms with Gasteiger partial charge in [0, 0.05) is 23.7 Å². The van der Waals surface area contributed by atoms with Crippen molar-refractivity contribution in [3.05, 3.63) is 95.8 Å². The first-order chi connectivity index (χ1) is 20.3. The van der Waals surface area contributed by atoms with E-state index in [1.807, 2.05) is 37.3 Å². The van der Waals surface area contributed by atoms with Crippen molar-refractivity contribution in [2.75, 3.05) is 27.4 Å². The summed E-state index contributed by atoms with van der Waals surface area (Å²) in [5.74, 6) is 1.98. The Bertz CT molecular complexity index is 1920. The van der Waals surface area contributed by atoms with Gasteiger partial charge in [-0.3, -0.25) is 4.79 Å². The van der Waals surface area contributed by atoms with Crippen molar-refractivity contribution in [3.63, 3.8) is 0 Å². The summed E-state index contributed by atoms with van der Waals surface area (Å²) < 4.78 is 43.3. The van der Waals surface area contributed by atoms with E-state index in [0.717, 1.165) is 39.3 Å². The van der Waals surface area contributed by atoms with E-state index in [9.17, 15) is 13.2 Å². The molecule has 1 aromatic heterocycles. The van der Waals surface area contributed by atoms with Crippen molar-refractivity contribution in [1.82, 2.24) is 14.9 Å². The second kappa shape index (κ2) is 10.9. The molecule has 0 spiro atoms. The average molecular weight is 584 g/mol. The first-order valence-corrected chi connectivity index (χ1v) is 14.8. The number of hydrogen-bond donors (Lipinski definition) is 1. The SMILES string of the molecule is COc1ccc(OC)c(S(=O)(=O)c2ccc(C(=O)N3CCOc4ccc(-c5ccc6nc(C)[nH]c6c5)cc4C3)cc2)c1. The van der Waals surface area contributed by atoms with Crippen LogP contribution in [0.5, 0.6) is 17.2 Å². The summed E-state index contributed by atoms with van der Waals surface area (Å²) in [6.45, 7) is 3.02. The number of carbonyl (C=O) groups is 1. The van der Waals surface area contributed by atoms with E-state index in [2.05, 4.69) is 16.0 Å². The van der Waals surface area contributed by atoms with Gasteiger partial charge in [-0.05, 0) is 78.7 Å². The van der Waals surface area contributed by atoms with Gasteiger partial charge in [0.25, 0.3) is 5.91 Å². The Morgan fingerprint density at radius 2 is 1.69 bits per heavy atom. The molecule has 0 fully saturated rings. The third-order valence-electron chi connectivity index (χ3n) is 7.33. The number of benzene rings is 4. The number of aryl methyl sites for hydroxylation is 1. The zero-order valence-corrected chi connectivity index (χ0v) is 24.2. The van der Waals surface area contributed by atoms with Crippen molar-refractivity contribution >= 4 is 26.8 Å². The summed E-state index contributed by atoms with van der Waals surface area (Å²) in [5.41, 5.74) is 5.18. The molecule has 4 aromatic carbocycles. The van der Waals surface area contributed by atoms with Crippen molar-refractivity contribution in [1.29, 1.82) is 0 Å². The Kier molecular flexibility index (Phi) is 7.07. The molecule has 0 bridgehead atoms. The predicted molar refractivity (Wildman–Crippen MR) is 158 cm³/mol. The Morgan fingerprint density at radius 1 is 0.929 bits per heavy atom. The zero-order valence-electron chi connectivity index (χ0n) is 23.4. The van der Waals surface area contributed by atoms with Crippen LogP contribution in [0.1, 0.15) is 21.7 Å². The minimum Gasteiger partial charge on any atom is -0.497 e. The van der Waals surface area contributed by atoms with Crippen LogP contribution in [0.3, 0.4) is 0 Å². The van der Waals surface area contributed by atoms with Gasteiger partial charge in [0.2, 0.25) is 9.84 Å². The van der Waals surface area contributed by atoms with E-state index in [-0.39, 0.29) is 21.4 Å². The number of methoxy groups -OCH3 is 2. The van der Waals surface area contributed by atoms with Crippen LogP contribution < -0.4 is 14.2 Å². The molecule has 214 valence electrons. The number of fused-ring (bicyclic) bond motifs is 2. The monoisotopic (exact) mass is 583 g/mol. The second-order valence-electron chi connectivity index (χ2n) is 10.00. The Hall–Kier alpha value is -4.83. The standard InChI is InChI=1S/C32H29N3O6S/c1-20-33-27-11-6-23(17-28(27)34-20)22-7-12-29-24(16-22)19-35(14-15-41-29)32(36)21-4-9-26(10-5-21)42(37,38)31-18-25(39-2)8-13-30(31)40-3/h4-13,16-18H,14-15,19H2,1-3H3,(H,33,34). The van der Waals surface area contributed by atoms with Crippen LogP contribution >= 0.6 is 0 Å². The van der Waals surface area contributed by atoms with Gasteiger partial charge in [0.05, 0.1) is 36.7 Å². The summed E-state index contributed by atoms with van der Waals surface area (Å²) in [7, 11) is -1.05. The van der Waals surface area contributed by atoms with Crippen LogP contribution in [-0.4, -0.2) is 56.6 Å². The molecule has 9 nitrogen and oxygen atoms in total. The average Bonchev–Trinajstić information content (AvgIpc) is 3.25. The number of imidazole rings is 1. The number of nitrogens with one attached hydrogen (secondary N) is 1. The molecule has 1 N–H and O–H groups in total. The first kappa shape index (κ1) is 27.3. The van der Waals surface area contributed by atoms with Crippen LogP contribution in [0.15, 0.2) is 88.7 Å². The van der Waals surface area contributed by atoms with Gasteiger partial charge in [-0.25, -0.2) is 13.4 Å². The van der Waals surface area contributed by atoms with Gasteiger partial charge < -0.3 is 24.1 Å². The normalized spacial score (nSPS) is 13.3. The van der Waals surface area contributed by atoms with Crippen molar-refractivity contribution in [3.8, 4) is 28.4 Å². The number of aromatic nitrogens is 2. The van der Waals surface area contributed by atoms with Crippen LogP contribution in [-0.2, 0) is 16.4 Å². The van der Waals surface area contributed by atoms with E-state index >= 15 is 0 Å². The number of H-pyrrole nitrogens is 1. The number of hydrogen-bond acceptors (Lipinski definition) is 7. The predicted octanol–water partition coefficient (Wildman–Crippen LogP) is 5.42. The third-order valence-corrected chi connectivity index (χ3v) is 9.12. The molecule has 0 saturated heterocycles. The molecule has 2 heterocycles. The van der Waals surface area contributed by atoms with Crippen LogP contribution in [0, 0.1) is 6.92 Å². The van der Waals surface area contributed by atoms with E-state index < -0.39 is 9.84 Å². The molecule has 1 aliphatic rings. The quantitative estimate of drug-likeness (QED) is 0.284. The topological polar surface area (TPSA) is 111 Å². The second-order valence-corrected chi connectivity index (χ2v) is 11.9. The van der Waals surface area contributed by atoms with E-state index in [1.54, 1.807) is 17.0 Å². The zero-order chi connectivity index (χ0) is 29.4. The smallest absolute Gasteiger partial charge is 0.254 e. The fourth-order valence-electron chi connectivity index (χ4n) is 5.14. The van der Waals surface area contributed by atoms with E-state index in [1.165, 1.54) is 44.6 Å². The number of nitrogens with zero attached hydrogens (tertiary/aromatic N) is 2. The number of sulfone groups is 1. The maximum atomic E-state index is 13.6. The van der Waals surface area contributed by atoms with E-state index in [0.29, 0.717) is 31.0 Å². The summed E-state index contributed by atoms with van der Waals surface area (Å²) in [4.78, 5) is 23.1. The Balaban J connectivity index is 1.25.